The van der Waals surface area contributed by atoms with Gasteiger partial charge in [-0.1, -0.05) is 0 Å². The van der Waals surface area contributed by atoms with Gasteiger partial charge in [-0.15, -0.1) is 0 Å². The molecule has 1 aliphatic heterocycles. The van der Waals surface area contributed by atoms with E-state index >= 15 is 0 Å². The quantitative estimate of drug-likeness (QED) is 0.311. The number of hydrogen-bond donors (Lipinski definition) is 6. The molecule has 9 nitrogen and oxygen atoms in total. The Kier molecular flexibility index (Phi) is 5.45. The largest absolute Gasteiger partial charge is 0.478 e. The molecule has 0 saturated carbocycles. The van der Waals surface area contributed by atoms with Crippen LogP contribution in [0.2, 0.25) is 0 Å². The second-order valence-electron chi connectivity index (χ2n) is 4.38. The van der Waals surface area contributed by atoms with E-state index in [1.54, 1.807) is 0 Å². The summed E-state index contributed by atoms with van der Waals surface area (Å²) >= 11 is 0. The van der Waals surface area contributed by atoms with Crippen LogP contribution in [0.4, 0.5) is 0 Å². The number of carbonyl (C=O) groups is 2. The lowest BCUT2D eigenvalue weighted by atomic mass is 9.94. The van der Waals surface area contributed by atoms with Gasteiger partial charge in [0.05, 0.1) is 12.6 Å². The van der Waals surface area contributed by atoms with Crippen molar-refractivity contribution < 1.29 is 39.9 Å². The van der Waals surface area contributed by atoms with Gasteiger partial charge in [0.25, 0.3) is 0 Å². The zero-order valence-electron chi connectivity index (χ0n) is 10.6. The highest BCUT2D eigenvalue weighted by Gasteiger charge is 2.42. The first-order valence-corrected chi connectivity index (χ1v) is 5.81. The Hall–Kier alpha value is -1.68. The van der Waals surface area contributed by atoms with Gasteiger partial charge in [-0.05, 0) is 6.08 Å². The van der Waals surface area contributed by atoms with E-state index in [1.165, 1.54) is 0 Å². The first kappa shape index (κ1) is 16.4. The van der Waals surface area contributed by atoms with Crippen molar-refractivity contribution >= 4 is 11.9 Å². The maximum Gasteiger partial charge on any atom is 0.370 e. The van der Waals surface area contributed by atoms with E-state index in [1.807, 2.05) is 0 Å². The fourth-order valence-corrected chi connectivity index (χ4v) is 1.85. The van der Waals surface area contributed by atoms with E-state index in [2.05, 4.69) is 5.32 Å². The summed E-state index contributed by atoms with van der Waals surface area (Å²) in [6.07, 6.45) is -5.29. The van der Waals surface area contributed by atoms with Crippen molar-refractivity contribution in [3.63, 3.8) is 0 Å². The van der Waals surface area contributed by atoms with Crippen LogP contribution in [0, 0.1) is 0 Å². The zero-order chi connectivity index (χ0) is 15.4. The average molecular weight is 291 g/mol. The molecule has 9 heteroatoms. The smallest absolute Gasteiger partial charge is 0.370 e. The van der Waals surface area contributed by atoms with Gasteiger partial charge in [0.1, 0.15) is 18.3 Å². The van der Waals surface area contributed by atoms with Crippen LogP contribution in [-0.4, -0.2) is 74.5 Å². The van der Waals surface area contributed by atoms with E-state index in [0.717, 1.165) is 13.0 Å². The number of nitrogens with one attached hydrogen (secondary N) is 1. The molecular formula is C11H17NO8. The molecule has 6 N–H and O–H groups in total. The lowest BCUT2D eigenvalue weighted by Crippen LogP contribution is -2.59. The Bertz CT molecular complexity index is 409. The summed E-state index contributed by atoms with van der Waals surface area (Å²) in [5.41, 5.74) is 0. The van der Waals surface area contributed by atoms with E-state index < -0.39 is 54.7 Å². The number of amides is 1. The Labute approximate surface area is 114 Å². The van der Waals surface area contributed by atoms with Crippen molar-refractivity contribution in [1.29, 1.82) is 0 Å². The summed E-state index contributed by atoms with van der Waals surface area (Å²) in [6, 6.07) is -1.16. The van der Waals surface area contributed by atoms with Crippen molar-refractivity contribution in [1.82, 2.24) is 5.32 Å². The minimum absolute atomic E-state index is 0.541. The van der Waals surface area contributed by atoms with Crippen molar-refractivity contribution in [2.45, 2.75) is 37.4 Å². The van der Waals surface area contributed by atoms with Crippen LogP contribution in [-0.2, 0) is 14.3 Å². The minimum atomic E-state index is -1.70. The maximum atomic E-state index is 11.1. The van der Waals surface area contributed by atoms with Crippen molar-refractivity contribution in [3.8, 4) is 0 Å². The number of ether oxygens (including phenoxy) is 1. The highest BCUT2D eigenvalue weighted by Crippen LogP contribution is 2.22. The third-order valence-electron chi connectivity index (χ3n) is 2.81. The van der Waals surface area contributed by atoms with Crippen LogP contribution in [0.3, 0.4) is 0 Å². The molecule has 1 heterocycles. The van der Waals surface area contributed by atoms with Crippen LogP contribution in [0.25, 0.3) is 0 Å². The van der Waals surface area contributed by atoms with Crippen LogP contribution in [0.5, 0.6) is 0 Å². The molecule has 0 aromatic carbocycles. The minimum Gasteiger partial charge on any atom is -0.478 e. The van der Waals surface area contributed by atoms with Gasteiger partial charge in [0.2, 0.25) is 11.7 Å². The molecular weight excluding hydrogens is 274 g/mol. The molecule has 5 atom stereocenters. The Balaban J connectivity index is 3.04. The number of aliphatic hydroxyl groups excluding tert-OH is 4. The van der Waals surface area contributed by atoms with E-state index in [-0.39, 0.29) is 0 Å². The first-order valence-electron chi connectivity index (χ1n) is 5.81. The van der Waals surface area contributed by atoms with Gasteiger partial charge in [-0.25, -0.2) is 4.79 Å². The molecule has 0 radical (unpaired) electrons. The topological polar surface area (TPSA) is 157 Å². The lowest BCUT2D eigenvalue weighted by molar-refractivity contribution is -0.149. The molecule has 0 spiro atoms. The highest BCUT2D eigenvalue weighted by molar-refractivity contribution is 5.84. The Morgan fingerprint density at radius 3 is 2.50 bits per heavy atom. The maximum absolute atomic E-state index is 11.1. The normalized spacial score (nSPS) is 28.9. The SMILES string of the molecule is CC(=O)N[C@H]1[C@H]([C@@H](O)[C@H](O)CO)OC(C(=O)O)=C[C@@H]1O. The van der Waals surface area contributed by atoms with E-state index in [4.69, 9.17) is 14.9 Å². The Morgan fingerprint density at radius 2 is 2.05 bits per heavy atom. The second-order valence-corrected chi connectivity index (χ2v) is 4.38. The monoisotopic (exact) mass is 291 g/mol. The summed E-state index contributed by atoms with van der Waals surface area (Å²) < 4.78 is 4.98. The third kappa shape index (κ3) is 3.67. The standard InChI is InChI=1S/C11H17NO8/c1-4(14)12-8-5(15)2-7(11(18)19)20-10(8)9(17)6(16)3-13/h2,5-6,8-10,13,15-17H,3H2,1H3,(H,12,14)(H,18,19)/t5-,6+,8+,9-,10+/m0/s1. The van der Waals surface area contributed by atoms with E-state index in [0.29, 0.717) is 0 Å². The first-order chi connectivity index (χ1) is 9.27. The molecule has 0 aliphatic carbocycles. The van der Waals surface area contributed by atoms with Crippen LogP contribution in [0.1, 0.15) is 6.92 Å². The summed E-state index contributed by atoms with van der Waals surface area (Å²) in [7, 11) is 0. The number of carboxylic acid groups (broad SMARTS) is 1. The predicted molar refractivity (Wildman–Crippen MR) is 63.3 cm³/mol. The van der Waals surface area contributed by atoms with Crippen molar-refractivity contribution in [2.75, 3.05) is 6.61 Å². The molecule has 0 saturated heterocycles. The summed E-state index contributed by atoms with van der Waals surface area (Å²) in [4.78, 5) is 21.9. The molecule has 0 unspecified atom stereocenters. The number of rotatable bonds is 5. The highest BCUT2D eigenvalue weighted by atomic mass is 16.5. The number of aliphatic carboxylic acids is 1. The number of aliphatic hydroxyl groups is 4. The molecule has 0 bridgehead atoms. The van der Waals surface area contributed by atoms with Crippen LogP contribution < -0.4 is 5.32 Å². The average Bonchev–Trinajstić information content (AvgIpc) is 2.38. The van der Waals surface area contributed by atoms with Gasteiger partial charge in [-0.3, -0.25) is 4.79 Å². The molecule has 0 aromatic rings. The summed E-state index contributed by atoms with van der Waals surface area (Å²) in [6.45, 7) is 0.366. The zero-order valence-corrected chi connectivity index (χ0v) is 10.6. The van der Waals surface area contributed by atoms with Gasteiger partial charge < -0.3 is 35.6 Å². The fourth-order valence-electron chi connectivity index (χ4n) is 1.85. The van der Waals surface area contributed by atoms with Crippen LogP contribution in [0.15, 0.2) is 11.8 Å². The molecule has 0 aromatic heterocycles. The van der Waals surface area contributed by atoms with Crippen molar-refractivity contribution in [2.24, 2.45) is 0 Å². The second kappa shape index (κ2) is 6.66. The number of carboxylic acids is 1. The summed E-state index contributed by atoms with van der Waals surface area (Å²) in [5, 5.41) is 49.0. The Morgan fingerprint density at radius 1 is 1.45 bits per heavy atom. The molecule has 0 fully saturated rings. The van der Waals surface area contributed by atoms with Gasteiger partial charge in [0.15, 0.2) is 6.10 Å². The van der Waals surface area contributed by atoms with Gasteiger partial charge in [-0.2, -0.15) is 0 Å². The summed E-state index contributed by atoms with van der Waals surface area (Å²) in [5.74, 6) is -2.63. The molecule has 114 valence electrons. The van der Waals surface area contributed by atoms with Gasteiger partial charge in [0, 0.05) is 6.92 Å². The number of hydrogen-bond acceptors (Lipinski definition) is 7. The molecule has 1 amide bonds. The lowest BCUT2D eigenvalue weighted by Gasteiger charge is -2.37. The molecule has 1 aliphatic rings. The van der Waals surface area contributed by atoms with Crippen molar-refractivity contribution in [3.05, 3.63) is 11.8 Å². The molecule has 1 rings (SSSR count). The predicted octanol–water partition coefficient (Wildman–Crippen LogP) is -3.07. The van der Waals surface area contributed by atoms with Gasteiger partial charge >= 0.3 is 5.97 Å². The third-order valence-corrected chi connectivity index (χ3v) is 2.81. The molecule has 20 heavy (non-hydrogen) atoms. The van der Waals surface area contributed by atoms with E-state index in [9.17, 15) is 24.9 Å². The number of carbonyl (C=O) groups excluding carboxylic acids is 1. The fraction of sp³-hybridized carbons (Fsp3) is 0.636. The van der Waals surface area contributed by atoms with Crippen LogP contribution >= 0.6 is 0 Å².